The second kappa shape index (κ2) is 7.22. The molecule has 0 saturated carbocycles. The molecule has 1 rings (SSSR count). The van der Waals surface area contributed by atoms with Gasteiger partial charge in [0.1, 0.15) is 5.69 Å². The summed E-state index contributed by atoms with van der Waals surface area (Å²) < 4.78 is 5.30. The van der Waals surface area contributed by atoms with E-state index in [4.69, 9.17) is 4.74 Å². The highest BCUT2D eigenvalue weighted by Gasteiger charge is 2.24. The summed E-state index contributed by atoms with van der Waals surface area (Å²) >= 11 is 0. The number of ether oxygens (including phenoxy) is 1. The van der Waals surface area contributed by atoms with Gasteiger partial charge in [-0.05, 0) is 12.5 Å². The normalized spacial score (nSPS) is 12.8. The quantitative estimate of drug-likeness (QED) is 0.791. The van der Waals surface area contributed by atoms with Gasteiger partial charge in [0, 0.05) is 12.4 Å². The Balaban J connectivity index is 3.03. The maximum absolute atomic E-state index is 5.30. The third kappa shape index (κ3) is 3.40. The molecule has 17 heavy (non-hydrogen) atoms. The molecule has 0 aromatic carbocycles. The van der Waals surface area contributed by atoms with Gasteiger partial charge in [0.05, 0.1) is 13.2 Å². The fourth-order valence-electron chi connectivity index (χ4n) is 2.17. The Kier molecular flexibility index (Phi) is 5.91. The zero-order chi connectivity index (χ0) is 12.7. The van der Waals surface area contributed by atoms with Gasteiger partial charge in [-0.3, -0.25) is 4.98 Å². The molecule has 4 heteroatoms. The van der Waals surface area contributed by atoms with E-state index >= 15 is 0 Å². The van der Waals surface area contributed by atoms with Crippen molar-refractivity contribution in [2.45, 2.75) is 39.7 Å². The molecule has 96 valence electrons. The van der Waals surface area contributed by atoms with Crippen LogP contribution in [0, 0.1) is 5.92 Å². The van der Waals surface area contributed by atoms with Crippen LogP contribution in [0.1, 0.15) is 45.3 Å². The highest BCUT2D eigenvalue weighted by atomic mass is 16.5. The average Bonchev–Trinajstić information content (AvgIpc) is 2.39. The van der Waals surface area contributed by atoms with Gasteiger partial charge in [0.2, 0.25) is 5.88 Å². The van der Waals surface area contributed by atoms with Crippen molar-refractivity contribution >= 4 is 0 Å². The summed E-state index contributed by atoms with van der Waals surface area (Å²) in [5.74, 6) is 1.19. The Morgan fingerprint density at radius 1 is 1.18 bits per heavy atom. The van der Waals surface area contributed by atoms with Crippen LogP contribution in [0.25, 0.3) is 0 Å². The summed E-state index contributed by atoms with van der Waals surface area (Å²) in [5.41, 5.74) is 0.922. The second-order valence-electron chi connectivity index (χ2n) is 4.06. The van der Waals surface area contributed by atoms with Crippen molar-refractivity contribution in [3.05, 3.63) is 18.1 Å². The maximum Gasteiger partial charge on any atom is 0.237 e. The first-order valence-electron chi connectivity index (χ1n) is 6.36. The molecule has 4 nitrogen and oxygen atoms in total. The van der Waals surface area contributed by atoms with Crippen LogP contribution in [-0.4, -0.2) is 23.6 Å². The van der Waals surface area contributed by atoms with Crippen molar-refractivity contribution in [1.29, 1.82) is 0 Å². The van der Waals surface area contributed by atoms with Crippen LogP contribution in [-0.2, 0) is 0 Å². The Bertz CT molecular complexity index is 326. The molecule has 0 aliphatic carbocycles. The smallest absolute Gasteiger partial charge is 0.237 e. The van der Waals surface area contributed by atoms with Crippen LogP contribution < -0.4 is 10.1 Å². The van der Waals surface area contributed by atoms with Crippen LogP contribution >= 0.6 is 0 Å². The van der Waals surface area contributed by atoms with E-state index in [-0.39, 0.29) is 6.04 Å². The molecule has 1 heterocycles. The number of methoxy groups -OCH3 is 1. The van der Waals surface area contributed by atoms with E-state index in [1.807, 2.05) is 0 Å². The Labute approximate surface area is 104 Å². The first-order chi connectivity index (χ1) is 8.28. The first-order valence-corrected chi connectivity index (χ1v) is 6.36. The predicted molar refractivity (Wildman–Crippen MR) is 69.1 cm³/mol. The topological polar surface area (TPSA) is 47.0 Å². The zero-order valence-electron chi connectivity index (χ0n) is 11.2. The first kappa shape index (κ1) is 13.9. The van der Waals surface area contributed by atoms with Gasteiger partial charge >= 0.3 is 0 Å². The van der Waals surface area contributed by atoms with E-state index in [0.717, 1.165) is 25.1 Å². The predicted octanol–water partition coefficient (Wildman–Crippen LogP) is 2.57. The highest BCUT2D eigenvalue weighted by molar-refractivity contribution is 5.21. The molecule has 0 aliphatic rings. The van der Waals surface area contributed by atoms with Crippen molar-refractivity contribution < 1.29 is 4.74 Å². The molecule has 1 N–H and O–H groups in total. The monoisotopic (exact) mass is 237 g/mol. The number of hydrogen-bond donors (Lipinski definition) is 1. The largest absolute Gasteiger partial charge is 0.480 e. The van der Waals surface area contributed by atoms with Crippen molar-refractivity contribution in [3.8, 4) is 5.88 Å². The molecule has 0 fully saturated rings. The van der Waals surface area contributed by atoms with E-state index in [2.05, 4.69) is 36.1 Å². The number of nitrogens with zero attached hydrogens (tertiary/aromatic N) is 2. The van der Waals surface area contributed by atoms with Crippen LogP contribution in [0.15, 0.2) is 12.4 Å². The van der Waals surface area contributed by atoms with E-state index in [0.29, 0.717) is 11.8 Å². The van der Waals surface area contributed by atoms with Gasteiger partial charge in [-0.2, -0.15) is 0 Å². The van der Waals surface area contributed by atoms with Crippen molar-refractivity contribution in [2.75, 3.05) is 13.7 Å². The van der Waals surface area contributed by atoms with Gasteiger partial charge in [0.15, 0.2) is 0 Å². The third-order valence-corrected chi connectivity index (χ3v) is 3.12. The number of rotatable bonds is 7. The minimum atomic E-state index is 0.221. The molecule has 1 aromatic heterocycles. The zero-order valence-corrected chi connectivity index (χ0v) is 11.2. The summed E-state index contributed by atoms with van der Waals surface area (Å²) in [4.78, 5) is 8.66. The second-order valence-corrected chi connectivity index (χ2v) is 4.06. The highest BCUT2D eigenvalue weighted by Crippen LogP contribution is 2.30. The summed E-state index contributed by atoms with van der Waals surface area (Å²) in [7, 11) is 1.64. The lowest BCUT2D eigenvalue weighted by molar-refractivity contribution is 0.317. The van der Waals surface area contributed by atoms with Crippen molar-refractivity contribution in [1.82, 2.24) is 15.3 Å². The van der Waals surface area contributed by atoms with Gasteiger partial charge in [-0.15, -0.1) is 0 Å². The van der Waals surface area contributed by atoms with Crippen LogP contribution in [0.4, 0.5) is 0 Å². The fraction of sp³-hybridized carbons (Fsp3) is 0.692. The summed E-state index contributed by atoms with van der Waals surface area (Å²) in [6, 6.07) is 0.221. The number of aromatic nitrogens is 2. The van der Waals surface area contributed by atoms with E-state index in [9.17, 15) is 0 Å². The van der Waals surface area contributed by atoms with E-state index < -0.39 is 0 Å². The molecule has 0 radical (unpaired) electrons. The standard InChI is InChI=1S/C13H23N3O/c1-5-10(6-2)11(14-7-3)12-13(17-4)16-9-8-15-12/h8-11,14H,5-7H2,1-4H3. The lowest BCUT2D eigenvalue weighted by atomic mass is 9.91. The molecular formula is C13H23N3O. The van der Waals surface area contributed by atoms with Crippen LogP contribution in [0.3, 0.4) is 0 Å². The molecular weight excluding hydrogens is 214 g/mol. The van der Waals surface area contributed by atoms with Gasteiger partial charge < -0.3 is 10.1 Å². The van der Waals surface area contributed by atoms with Gasteiger partial charge in [-0.25, -0.2) is 4.98 Å². The minimum Gasteiger partial charge on any atom is -0.480 e. The van der Waals surface area contributed by atoms with Gasteiger partial charge in [0.25, 0.3) is 0 Å². The summed E-state index contributed by atoms with van der Waals surface area (Å²) in [5, 5.41) is 3.49. The third-order valence-electron chi connectivity index (χ3n) is 3.12. The summed E-state index contributed by atoms with van der Waals surface area (Å²) in [6.07, 6.45) is 5.63. The number of nitrogens with one attached hydrogen (secondary N) is 1. The molecule has 0 spiro atoms. The molecule has 1 atom stereocenters. The molecule has 0 amide bonds. The number of hydrogen-bond acceptors (Lipinski definition) is 4. The minimum absolute atomic E-state index is 0.221. The molecule has 0 bridgehead atoms. The van der Waals surface area contributed by atoms with Gasteiger partial charge in [-0.1, -0.05) is 33.6 Å². The van der Waals surface area contributed by atoms with Crippen LogP contribution in [0.5, 0.6) is 5.88 Å². The molecule has 1 unspecified atom stereocenters. The van der Waals surface area contributed by atoms with E-state index in [1.54, 1.807) is 19.5 Å². The SMILES string of the molecule is CCNC(c1nccnc1OC)C(CC)CC. The maximum atomic E-state index is 5.30. The van der Waals surface area contributed by atoms with Crippen molar-refractivity contribution in [2.24, 2.45) is 5.92 Å². The lowest BCUT2D eigenvalue weighted by Gasteiger charge is -2.26. The van der Waals surface area contributed by atoms with E-state index in [1.165, 1.54) is 0 Å². The molecule has 0 aliphatic heterocycles. The molecule has 0 saturated heterocycles. The lowest BCUT2D eigenvalue weighted by Crippen LogP contribution is -2.29. The Morgan fingerprint density at radius 2 is 1.82 bits per heavy atom. The van der Waals surface area contributed by atoms with Crippen LogP contribution in [0.2, 0.25) is 0 Å². The fourth-order valence-corrected chi connectivity index (χ4v) is 2.17. The Morgan fingerprint density at radius 3 is 2.35 bits per heavy atom. The van der Waals surface area contributed by atoms with Crippen molar-refractivity contribution in [3.63, 3.8) is 0 Å². The molecule has 1 aromatic rings. The summed E-state index contributed by atoms with van der Waals surface area (Å²) in [6.45, 7) is 7.45. The average molecular weight is 237 g/mol. The Hall–Kier alpha value is -1.16.